The van der Waals surface area contributed by atoms with Crippen LogP contribution < -0.4 is 10.6 Å². The number of hydrogen-bond acceptors (Lipinski definition) is 6. The number of nitrogens with zero attached hydrogens (tertiary/aromatic N) is 1. The molecule has 0 saturated carbocycles. The van der Waals surface area contributed by atoms with E-state index in [1.165, 1.54) is 19.3 Å². The predicted molar refractivity (Wildman–Crippen MR) is 100 cm³/mol. The van der Waals surface area contributed by atoms with Gasteiger partial charge in [0.25, 0.3) is 11.8 Å². The summed E-state index contributed by atoms with van der Waals surface area (Å²) in [4.78, 5) is 36.9. The third kappa shape index (κ3) is 5.20. The molecule has 2 aromatic rings. The van der Waals surface area contributed by atoms with E-state index in [1.807, 2.05) is 6.07 Å². The van der Waals surface area contributed by atoms with Crippen molar-refractivity contribution >= 4 is 23.5 Å². The van der Waals surface area contributed by atoms with E-state index in [9.17, 15) is 14.4 Å². The molecule has 2 rings (SSSR count). The number of hydrogen-bond donors (Lipinski definition) is 2. The lowest BCUT2D eigenvalue weighted by Gasteiger charge is -2.22. The zero-order chi connectivity index (χ0) is 20.7. The van der Waals surface area contributed by atoms with Gasteiger partial charge in [-0.05, 0) is 37.1 Å². The van der Waals surface area contributed by atoms with Crippen molar-refractivity contribution in [2.24, 2.45) is 5.92 Å². The van der Waals surface area contributed by atoms with Gasteiger partial charge in [0.1, 0.15) is 12.1 Å². The molecular weight excluding hydrogens is 362 g/mol. The van der Waals surface area contributed by atoms with Crippen LogP contribution in [0.25, 0.3) is 0 Å². The second-order valence-corrected chi connectivity index (χ2v) is 6.40. The standard InChI is InChI=1S/C20H21N3O5/c1-12(2)17(23-19(25)16-9-6-10-27-16)20(26)28-13(3)18(24)22-15-8-5-4-7-14(15)11-21/h4-10,12-13,17H,1-3H3,(H,22,24)(H,23,25)/t13-,17+/m1/s1. The molecule has 146 valence electrons. The minimum Gasteiger partial charge on any atom is -0.459 e. The van der Waals surface area contributed by atoms with Crippen LogP contribution in [0.2, 0.25) is 0 Å². The average Bonchev–Trinajstić information content (AvgIpc) is 3.20. The Bertz CT molecular complexity index is 883. The first-order valence-electron chi connectivity index (χ1n) is 8.68. The molecule has 0 spiro atoms. The van der Waals surface area contributed by atoms with E-state index < -0.39 is 29.9 Å². The van der Waals surface area contributed by atoms with Crippen molar-refractivity contribution in [1.29, 1.82) is 5.26 Å². The van der Waals surface area contributed by atoms with E-state index in [4.69, 9.17) is 14.4 Å². The zero-order valence-electron chi connectivity index (χ0n) is 15.8. The van der Waals surface area contributed by atoms with Gasteiger partial charge in [-0.3, -0.25) is 9.59 Å². The Kier molecular flexibility index (Phi) is 6.93. The Morgan fingerprint density at radius 2 is 1.82 bits per heavy atom. The van der Waals surface area contributed by atoms with Crippen molar-refractivity contribution in [3.63, 3.8) is 0 Å². The molecule has 0 bridgehead atoms. The number of esters is 1. The van der Waals surface area contributed by atoms with Crippen molar-refractivity contribution in [3.05, 3.63) is 54.0 Å². The Morgan fingerprint density at radius 3 is 2.43 bits per heavy atom. The number of carbonyl (C=O) groups excluding carboxylic acids is 3. The fraction of sp³-hybridized carbons (Fsp3) is 0.300. The van der Waals surface area contributed by atoms with E-state index in [0.717, 1.165) is 0 Å². The number of carbonyl (C=O) groups is 3. The summed E-state index contributed by atoms with van der Waals surface area (Å²) in [6, 6.07) is 10.5. The van der Waals surface area contributed by atoms with Crippen LogP contribution >= 0.6 is 0 Å². The SMILES string of the molecule is CC(C)[C@H](NC(=O)c1ccco1)C(=O)O[C@H](C)C(=O)Nc1ccccc1C#N. The van der Waals surface area contributed by atoms with Crippen LogP contribution in [0.3, 0.4) is 0 Å². The van der Waals surface area contributed by atoms with Gasteiger partial charge in [0.05, 0.1) is 17.5 Å². The van der Waals surface area contributed by atoms with Crippen molar-refractivity contribution in [2.45, 2.75) is 32.9 Å². The first-order chi connectivity index (χ1) is 13.3. The quantitative estimate of drug-likeness (QED) is 0.709. The summed E-state index contributed by atoms with van der Waals surface area (Å²) in [7, 11) is 0. The molecule has 1 aromatic heterocycles. The third-order valence-corrected chi connectivity index (χ3v) is 3.92. The van der Waals surface area contributed by atoms with Crippen molar-refractivity contribution in [1.82, 2.24) is 5.32 Å². The first-order valence-corrected chi connectivity index (χ1v) is 8.68. The Balaban J connectivity index is 2.00. The van der Waals surface area contributed by atoms with Crippen LogP contribution in [-0.4, -0.2) is 29.9 Å². The largest absolute Gasteiger partial charge is 0.459 e. The van der Waals surface area contributed by atoms with Gasteiger partial charge in [-0.25, -0.2) is 4.79 Å². The van der Waals surface area contributed by atoms with E-state index in [0.29, 0.717) is 11.3 Å². The van der Waals surface area contributed by atoms with Crippen molar-refractivity contribution in [2.75, 3.05) is 5.32 Å². The minimum atomic E-state index is -1.12. The number of anilines is 1. The van der Waals surface area contributed by atoms with E-state index in [2.05, 4.69) is 10.6 Å². The highest BCUT2D eigenvalue weighted by atomic mass is 16.5. The van der Waals surface area contributed by atoms with Crippen molar-refractivity contribution < 1.29 is 23.5 Å². The number of nitriles is 1. The lowest BCUT2D eigenvalue weighted by Crippen LogP contribution is -2.47. The highest BCUT2D eigenvalue weighted by molar-refractivity contribution is 5.97. The number of furan rings is 1. The molecule has 0 aliphatic carbocycles. The minimum absolute atomic E-state index is 0.0670. The molecule has 1 aromatic carbocycles. The number of rotatable bonds is 7. The molecule has 0 fully saturated rings. The Hall–Kier alpha value is -3.60. The van der Waals surface area contributed by atoms with Gasteiger partial charge >= 0.3 is 5.97 Å². The molecule has 28 heavy (non-hydrogen) atoms. The van der Waals surface area contributed by atoms with Crippen LogP contribution in [0.5, 0.6) is 0 Å². The van der Waals surface area contributed by atoms with Crippen LogP contribution in [-0.2, 0) is 14.3 Å². The summed E-state index contributed by atoms with van der Waals surface area (Å²) in [5.41, 5.74) is 0.615. The van der Waals surface area contributed by atoms with Gasteiger partial charge < -0.3 is 19.8 Å². The average molecular weight is 383 g/mol. The Labute approximate surface area is 162 Å². The lowest BCUT2D eigenvalue weighted by molar-refractivity contribution is -0.156. The molecule has 0 unspecified atom stereocenters. The maximum Gasteiger partial charge on any atom is 0.329 e. The van der Waals surface area contributed by atoms with E-state index >= 15 is 0 Å². The summed E-state index contributed by atoms with van der Waals surface area (Å²) in [5, 5.41) is 14.2. The number of para-hydroxylation sites is 1. The fourth-order valence-electron chi connectivity index (χ4n) is 2.34. The fourth-order valence-corrected chi connectivity index (χ4v) is 2.34. The molecular formula is C20H21N3O5. The second kappa shape index (κ2) is 9.37. The van der Waals surface area contributed by atoms with Gasteiger partial charge in [0, 0.05) is 0 Å². The molecule has 0 radical (unpaired) electrons. The summed E-state index contributed by atoms with van der Waals surface area (Å²) in [6.45, 7) is 4.89. The first kappa shape index (κ1) is 20.7. The molecule has 1 heterocycles. The molecule has 0 saturated heterocycles. The maximum absolute atomic E-state index is 12.5. The maximum atomic E-state index is 12.5. The van der Waals surface area contributed by atoms with Gasteiger partial charge in [-0.1, -0.05) is 26.0 Å². The normalized spacial score (nSPS) is 12.5. The summed E-state index contributed by atoms with van der Waals surface area (Å²) in [6.07, 6.45) is 0.226. The van der Waals surface area contributed by atoms with Gasteiger partial charge in [0.2, 0.25) is 0 Å². The molecule has 0 aliphatic heterocycles. The second-order valence-electron chi connectivity index (χ2n) is 6.40. The van der Waals surface area contributed by atoms with E-state index in [-0.39, 0.29) is 11.7 Å². The van der Waals surface area contributed by atoms with Crippen LogP contribution in [0.1, 0.15) is 36.9 Å². The Morgan fingerprint density at radius 1 is 1.11 bits per heavy atom. The van der Waals surface area contributed by atoms with Crippen LogP contribution in [0.4, 0.5) is 5.69 Å². The smallest absolute Gasteiger partial charge is 0.329 e. The summed E-state index contributed by atoms with van der Waals surface area (Å²) in [5.74, 6) is -2.10. The highest BCUT2D eigenvalue weighted by Gasteiger charge is 2.30. The molecule has 2 amide bonds. The topological polar surface area (TPSA) is 121 Å². The lowest BCUT2D eigenvalue weighted by atomic mass is 10.0. The highest BCUT2D eigenvalue weighted by Crippen LogP contribution is 2.15. The third-order valence-electron chi connectivity index (χ3n) is 3.92. The number of benzene rings is 1. The van der Waals surface area contributed by atoms with Crippen molar-refractivity contribution in [3.8, 4) is 6.07 Å². The molecule has 8 heteroatoms. The monoisotopic (exact) mass is 383 g/mol. The zero-order valence-corrected chi connectivity index (χ0v) is 15.8. The van der Waals surface area contributed by atoms with Gasteiger partial charge in [-0.2, -0.15) is 5.26 Å². The summed E-state index contributed by atoms with van der Waals surface area (Å²) < 4.78 is 10.2. The number of amides is 2. The molecule has 2 atom stereocenters. The number of nitrogens with one attached hydrogen (secondary N) is 2. The van der Waals surface area contributed by atoms with Crippen LogP contribution in [0, 0.1) is 17.2 Å². The summed E-state index contributed by atoms with van der Waals surface area (Å²) >= 11 is 0. The van der Waals surface area contributed by atoms with E-state index in [1.54, 1.807) is 44.2 Å². The predicted octanol–water partition coefficient (Wildman–Crippen LogP) is 2.48. The molecule has 8 nitrogen and oxygen atoms in total. The molecule has 0 aliphatic rings. The van der Waals surface area contributed by atoms with Gasteiger partial charge in [-0.15, -0.1) is 0 Å². The van der Waals surface area contributed by atoms with Crippen LogP contribution in [0.15, 0.2) is 47.1 Å². The molecule has 2 N–H and O–H groups in total. The number of ether oxygens (including phenoxy) is 1. The van der Waals surface area contributed by atoms with Gasteiger partial charge in [0.15, 0.2) is 11.9 Å².